The fourth-order valence-corrected chi connectivity index (χ4v) is 1.10. The van der Waals surface area contributed by atoms with Crippen molar-refractivity contribution in [2.75, 3.05) is 0 Å². The average molecular weight is 186 g/mol. The molecule has 1 N–H and O–H groups in total. The quantitative estimate of drug-likeness (QED) is 0.726. The molecule has 0 fully saturated rings. The van der Waals surface area contributed by atoms with Crippen molar-refractivity contribution < 1.29 is 9.50 Å². The minimum absolute atomic E-state index is 0.0292. The predicted octanol–water partition coefficient (Wildman–Crippen LogP) is 1.84. The van der Waals surface area contributed by atoms with Gasteiger partial charge in [0, 0.05) is 0 Å². The Morgan fingerprint density at radius 2 is 2.25 bits per heavy atom. The van der Waals surface area contributed by atoms with Crippen molar-refractivity contribution in [1.82, 2.24) is 0 Å². The first-order valence-electron chi connectivity index (χ1n) is 3.18. The van der Waals surface area contributed by atoms with E-state index in [1.165, 1.54) is 6.07 Å². The second-order valence-corrected chi connectivity index (χ2v) is 2.61. The van der Waals surface area contributed by atoms with Gasteiger partial charge in [-0.15, -0.1) is 0 Å². The van der Waals surface area contributed by atoms with E-state index < -0.39 is 5.82 Å². The summed E-state index contributed by atoms with van der Waals surface area (Å²) in [6.07, 6.45) is 0. The Balaban J connectivity index is 3.30. The zero-order chi connectivity index (χ0) is 9.14. The lowest BCUT2D eigenvalue weighted by atomic mass is 10.1. The van der Waals surface area contributed by atoms with Gasteiger partial charge in [-0.3, -0.25) is 0 Å². The number of rotatable bonds is 1. The largest absolute Gasteiger partial charge is 0.392 e. The summed E-state index contributed by atoms with van der Waals surface area (Å²) < 4.78 is 12.9. The number of hydrogen-bond donors (Lipinski definition) is 1. The average Bonchev–Trinajstić information content (AvgIpc) is 2.03. The summed E-state index contributed by atoms with van der Waals surface area (Å²) in [5.74, 6) is -0.700. The Hall–Kier alpha value is -1.11. The van der Waals surface area contributed by atoms with Crippen LogP contribution in [0.2, 0.25) is 5.02 Å². The van der Waals surface area contributed by atoms with Crippen LogP contribution in [-0.2, 0) is 6.61 Å². The van der Waals surface area contributed by atoms with E-state index in [0.717, 1.165) is 6.07 Å². The first-order chi connectivity index (χ1) is 5.69. The molecular formula is C8H5ClFNO. The van der Waals surface area contributed by atoms with Crippen LogP contribution in [0.4, 0.5) is 4.39 Å². The zero-order valence-corrected chi connectivity index (χ0v) is 6.77. The molecule has 1 rings (SSSR count). The van der Waals surface area contributed by atoms with Crippen molar-refractivity contribution in [2.24, 2.45) is 0 Å². The number of halogens is 2. The van der Waals surface area contributed by atoms with E-state index in [1.54, 1.807) is 6.07 Å². The molecule has 0 spiro atoms. The van der Waals surface area contributed by atoms with Gasteiger partial charge in [-0.05, 0) is 17.7 Å². The lowest BCUT2D eigenvalue weighted by molar-refractivity contribution is 0.281. The summed E-state index contributed by atoms with van der Waals surface area (Å²) >= 11 is 5.54. The van der Waals surface area contributed by atoms with Gasteiger partial charge in [-0.1, -0.05) is 11.6 Å². The summed E-state index contributed by atoms with van der Waals surface area (Å²) in [5.41, 5.74) is 0.172. The molecule has 0 aliphatic carbocycles. The van der Waals surface area contributed by atoms with Crippen LogP contribution < -0.4 is 0 Å². The molecule has 0 saturated heterocycles. The highest BCUT2D eigenvalue weighted by molar-refractivity contribution is 6.31. The Bertz CT molecular complexity index is 322. The number of aliphatic hydroxyl groups excluding tert-OH is 1. The highest BCUT2D eigenvalue weighted by atomic mass is 35.5. The van der Waals surface area contributed by atoms with Crippen molar-refractivity contribution in [3.8, 4) is 6.07 Å². The standard InChI is InChI=1S/C8H5ClFNO/c9-7-1-5(4-12)2-8(10)6(7)3-11/h1-2,12H,4H2. The maximum absolute atomic E-state index is 12.9. The fraction of sp³-hybridized carbons (Fsp3) is 0.125. The molecule has 12 heavy (non-hydrogen) atoms. The minimum Gasteiger partial charge on any atom is -0.392 e. The van der Waals surface area contributed by atoms with Gasteiger partial charge in [-0.2, -0.15) is 5.26 Å². The van der Waals surface area contributed by atoms with E-state index >= 15 is 0 Å². The van der Waals surface area contributed by atoms with Crippen molar-refractivity contribution in [3.63, 3.8) is 0 Å². The van der Waals surface area contributed by atoms with Crippen molar-refractivity contribution in [1.29, 1.82) is 5.26 Å². The summed E-state index contributed by atoms with van der Waals surface area (Å²) in [4.78, 5) is 0. The molecular weight excluding hydrogens is 181 g/mol. The first-order valence-corrected chi connectivity index (χ1v) is 3.55. The lowest BCUT2D eigenvalue weighted by Crippen LogP contribution is -1.90. The van der Waals surface area contributed by atoms with Crippen LogP contribution in [0.25, 0.3) is 0 Å². The van der Waals surface area contributed by atoms with Gasteiger partial charge in [-0.25, -0.2) is 4.39 Å². The topological polar surface area (TPSA) is 44.0 Å². The number of nitriles is 1. The third-order valence-electron chi connectivity index (χ3n) is 1.40. The Labute approximate surface area is 73.8 Å². The summed E-state index contributed by atoms with van der Waals surface area (Å²) in [7, 11) is 0. The summed E-state index contributed by atoms with van der Waals surface area (Å²) in [6, 6.07) is 4.08. The second-order valence-electron chi connectivity index (χ2n) is 2.20. The summed E-state index contributed by atoms with van der Waals surface area (Å²) in [5, 5.41) is 17.1. The Morgan fingerprint density at radius 3 is 2.67 bits per heavy atom. The molecule has 0 radical (unpaired) electrons. The number of hydrogen-bond acceptors (Lipinski definition) is 2. The number of benzene rings is 1. The van der Waals surface area contributed by atoms with E-state index in [4.69, 9.17) is 22.0 Å². The maximum atomic E-state index is 12.9. The molecule has 0 aliphatic rings. The molecule has 1 aromatic rings. The van der Waals surface area contributed by atoms with Gasteiger partial charge in [0.25, 0.3) is 0 Å². The molecule has 0 aliphatic heterocycles. The SMILES string of the molecule is N#Cc1c(F)cc(CO)cc1Cl. The van der Waals surface area contributed by atoms with Gasteiger partial charge in [0.15, 0.2) is 0 Å². The molecule has 0 heterocycles. The molecule has 0 amide bonds. The Morgan fingerprint density at radius 1 is 1.58 bits per heavy atom. The molecule has 1 aromatic carbocycles. The van der Waals surface area contributed by atoms with Crippen LogP contribution in [0.3, 0.4) is 0 Å². The fourth-order valence-electron chi connectivity index (χ4n) is 0.824. The minimum atomic E-state index is -0.700. The van der Waals surface area contributed by atoms with Crippen molar-refractivity contribution in [2.45, 2.75) is 6.61 Å². The van der Waals surface area contributed by atoms with Crippen LogP contribution >= 0.6 is 11.6 Å². The molecule has 0 atom stereocenters. The molecule has 62 valence electrons. The van der Waals surface area contributed by atoms with Crippen LogP contribution in [0.1, 0.15) is 11.1 Å². The normalized spacial score (nSPS) is 9.50. The van der Waals surface area contributed by atoms with Gasteiger partial charge >= 0.3 is 0 Å². The third kappa shape index (κ3) is 1.55. The molecule has 0 unspecified atom stereocenters. The second kappa shape index (κ2) is 3.53. The number of aliphatic hydroxyl groups is 1. The first kappa shape index (κ1) is 8.98. The summed E-state index contributed by atoms with van der Waals surface area (Å²) in [6.45, 7) is -0.289. The van der Waals surface area contributed by atoms with E-state index in [9.17, 15) is 4.39 Å². The van der Waals surface area contributed by atoms with Crippen LogP contribution in [-0.4, -0.2) is 5.11 Å². The highest BCUT2D eigenvalue weighted by Crippen LogP contribution is 2.20. The molecule has 0 aromatic heterocycles. The van der Waals surface area contributed by atoms with Gasteiger partial charge in [0.05, 0.1) is 11.6 Å². The van der Waals surface area contributed by atoms with Crippen LogP contribution in [0, 0.1) is 17.1 Å². The van der Waals surface area contributed by atoms with E-state index in [-0.39, 0.29) is 17.2 Å². The zero-order valence-electron chi connectivity index (χ0n) is 6.01. The molecule has 2 nitrogen and oxygen atoms in total. The smallest absolute Gasteiger partial charge is 0.142 e. The van der Waals surface area contributed by atoms with E-state index in [0.29, 0.717) is 5.56 Å². The van der Waals surface area contributed by atoms with Crippen LogP contribution in [0.15, 0.2) is 12.1 Å². The van der Waals surface area contributed by atoms with E-state index in [2.05, 4.69) is 0 Å². The molecule has 4 heteroatoms. The lowest BCUT2D eigenvalue weighted by Gasteiger charge is -2.00. The predicted molar refractivity (Wildman–Crippen MR) is 42.0 cm³/mol. The monoisotopic (exact) mass is 185 g/mol. The van der Waals surface area contributed by atoms with Crippen molar-refractivity contribution in [3.05, 3.63) is 34.1 Å². The van der Waals surface area contributed by atoms with Gasteiger partial charge in [0.2, 0.25) is 0 Å². The van der Waals surface area contributed by atoms with Gasteiger partial charge in [0.1, 0.15) is 17.4 Å². The van der Waals surface area contributed by atoms with Crippen LogP contribution in [0.5, 0.6) is 0 Å². The number of nitrogens with zero attached hydrogens (tertiary/aromatic N) is 1. The maximum Gasteiger partial charge on any atom is 0.142 e. The molecule has 0 bridgehead atoms. The van der Waals surface area contributed by atoms with Crippen molar-refractivity contribution >= 4 is 11.6 Å². The highest BCUT2D eigenvalue weighted by Gasteiger charge is 2.07. The van der Waals surface area contributed by atoms with E-state index in [1.807, 2.05) is 0 Å². The van der Waals surface area contributed by atoms with Gasteiger partial charge < -0.3 is 5.11 Å². The Kier molecular flexibility index (Phi) is 2.64. The molecule has 0 saturated carbocycles. The third-order valence-corrected chi connectivity index (χ3v) is 1.69.